The average Bonchev–Trinajstić information content (AvgIpc) is 3.18. The highest BCUT2D eigenvalue weighted by atomic mass is 16.3. The summed E-state index contributed by atoms with van der Waals surface area (Å²) in [5.74, 6) is 0.201. The van der Waals surface area contributed by atoms with Crippen molar-refractivity contribution < 1.29 is 14.0 Å². The predicted molar refractivity (Wildman–Crippen MR) is 98.7 cm³/mol. The molecule has 2 aromatic carbocycles. The van der Waals surface area contributed by atoms with Gasteiger partial charge in [0.2, 0.25) is 0 Å². The van der Waals surface area contributed by atoms with Crippen LogP contribution in [0.2, 0.25) is 0 Å². The molecule has 26 heavy (non-hydrogen) atoms. The number of nitrogens with one attached hydrogen (secondary N) is 2. The topological polar surface area (TPSA) is 71.3 Å². The number of carbonyl (C=O) groups excluding carboxylic acids is 2. The maximum Gasteiger partial charge on any atom is 0.251 e. The van der Waals surface area contributed by atoms with Crippen LogP contribution in [0.4, 0.5) is 0 Å². The van der Waals surface area contributed by atoms with Gasteiger partial charge < -0.3 is 15.1 Å². The summed E-state index contributed by atoms with van der Waals surface area (Å²) >= 11 is 0. The highest BCUT2D eigenvalue weighted by Gasteiger charge is 2.11. The molecule has 5 nitrogen and oxygen atoms in total. The van der Waals surface area contributed by atoms with Gasteiger partial charge >= 0.3 is 0 Å². The van der Waals surface area contributed by atoms with Crippen LogP contribution in [0, 0.1) is 6.92 Å². The molecular formula is C21H20N2O3. The van der Waals surface area contributed by atoms with E-state index in [2.05, 4.69) is 10.6 Å². The molecule has 3 rings (SSSR count). The van der Waals surface area contributed by atoms with Gasteiger partial charge in [-0.1, -0.05) is 35.9 Å². The minimum Gasteiger partial charge on any atom is -0.467 e. The molecule has 1 heterocycles. The molecule has 0 aliphatic carbocycles. The number of aryl methyl sites for hydroxylation is 1. The molecule has 0 saturated carbocycles. The Hall–Kier alpha value is -3.34. The third-order valence-corrected chi connectivity index (χ3v) is 3.93. The zero-order valence-corrected chi connectivity index (χ0v) is 14.5. The van der Waals surface area contributed by atoms with Gasteiger partial charge in [0.1, 0.15) is 5.76 Å². The minimum absolute atomic E-state index is 0.216. The van der Waals surface area contributed by atoms with E-state index in [0.29, 0.717) is 30.0 Å². The molecule has 1 aromatic heterocycles. The van der Waals surface area contributed by atoms with Crippen molar-refractivity contribution in [1.82, 2.24) is 10.6 Å². The standard InChI is InChI=1S/C21H20N2O3/c1-15-5-2-6-16(11-15)13-22-20(24)17-7-3-8-18(12-17)21(25)23-14-19-9-4-10-26-19/h2-12H,13-14H2,1H3,(H,22,24)(H,23,25). The van der Waals surface area contributed by atoms with Crippen molar-refractivity contribution in [1.29, 1.82) is 0 Å². The van der Waals surface area contributed by atoms with Crippen LogP contribution in [0.25, 0.3) is 0 Å². The molecule has 0 atom stereocenters. The lowest BCUT2D eigenvalue weighted by Gasteiger charge is -2.08. The first-order chi connectivity index (χ1) is 12.6. The minimum atomic E-state index is -0.255. The Balaban J connectivity index is 1.60. The van der Waals surface area contributed by atoms with E-state index in [1.807, 2.05) is 31.2 Å². The molecule has 2 amide bonds. The first-order valence-corrected chi connectivity index (χ1v) is 8.36. The van der Waals surface area contributed by atoms with E-state index in [1.165, 1.54) is 0 Å². The van der Waals surface area contributed by atoms with Gasteiger partial charge in [-0.2, -0.15) is 0 Å². The molecule has 3 aromatic rings. The Bertz CT molecular complexity index is 901. The first kappa shape index (κ1) is 17.5. The van der Waals surface area contributed by atoms with Gasteiger partial charge in [-0.15, -0.1) is 0 Å². The maximum absolute atomic E-state index is 12.4. The largest absolute Gasteiger partial charge is 0.467 e. The molecule has 0 aliphatic heterocycles. The van der Waals surface area contributed by atoms with Crippen molar-refractivity contribution >= 4 is 11.8 Å². The second-order valence-electron chi connectivity index (χ2n) is 6.01. The lowest BCUT2D eigenvalue weighted by atomic mass is 10.1. The predicted octanol–water partition coefficient (Wildman–Crippen LogP) is 3.45. The maximum atomic E-state index is 12.4. The summed E-state index contributed by atoms with van der Waals surface area (Å²) in [5, 5.41) is 5.64. The molecular weight excluding hydrogens is 328 g/mol. The number of furan rings is 1. The fraction of sp³-hybridized carbons (Fsp3) is 0.143. The summed E-state index contributed by atoms with van der Waals surface area (Å²) in [7, 11) is 0. The molecule has 0 spiro atoms. The van der Waals surface area contributed by atoms with Crippen LogP contribution in [0.1, 0.15) is 37.6 Å². The molecule has 2 N–H and O–H groups in total. The van der Waals surface area contributed by atoms with E-state index in [0.717, 1.165) is 11.1 Å². The van der Waals surface area contributed by atoms with E-state index < -0.39 is 0 Å². The molecule has 0 unspecified atom stereocenters. The number of hydrogen-bond donors (Lipinski definition) is 2. The van der Waals surface area contributed by atoms with Crippen molar-refractivity contribution in [3.05, 3.63) is 94.9 Å². The monoisotopic (exact) mass is 348 g/mol. The number of rotatable bonds is 6. The summed E-state index contributed by atoms with van der Waals surface area (Å²) in [5.41, 5.74) is 3.06. The van der Waals surface area contributed by atoms with Crippen LogP contribution in [0.3, 0.4) is 0 Å². The van der Waals surface area contributed by atoms with Gasteiger partial charge in [-0.3, -0.25) is 9.59 Å². The van der Waals surface area contributed by atoms with Crippen molar-refractivity contribution in [2.75, 3.05) is 0 Å². The van der Waals surface area contributed by atoms with Crippen LogP contribution in [-0.2, 0) is 13.1 Å². The first-order valence-electron chi connectivity index (χ1n) is 8.36. The molecule has 0 bridgehead atoms. The van der Waals surface area contributed by atoms with Gasteiger partial charge in [-0.05, 0) is 42.8 Å². The Morgan fingerprint density at radius 2 is 1.54 bits per heavy atom. The van der Waals surface area contributed by atoms with Crippen molar-refractivity contribution in [2.45, 2.75) is 20.0 Å². The second kappa shape index (κ2) is 8.16. The summed E-state index contributed by atoms with van der Waals surface area (Å²) in [4.78, 5) is 24.6. The van der Waals surface area contributed by atoms with Crippen molar-refractivity contribution in [2.24, 2.45) is 0 Å². The van der Waals surface area contributed by atoms with Crippen LogP contribution >= 0.6 is 0 Å². The highest BCUT2D eigenvalue weighted by molar-refractivity contribution is 5.99. The second-order valence-corrected chi connectivity index (χ2v) is 6.01. The molecule has 0 fully saturated rings. The Morgan fingerprint density at radius 1 is 0.846 bits per heavy atom. The molecule has 0 aliphatic rings. The summed E-state index contributed by atoms with van der Waals surface area (Å²) in [6.07, 6.45) is 1.56. The number of hydrogen-bond acceptors (Lipinski definition) is 3. The van der Waals surface area contributed by atoms with E-state index in [9.17, 15) is 9.59 Å². The third kappa shape index (κ3) is 4.60. The van der Waals surface area contributed by atoms with E-state index >= 15 is 0 Å². The van der Waals surface area contributed by atoms with Gasteiger partial charge in [0.05, 0.1) is 12.8 Å². The number of benzene rings is 2. The van der Waals surface area contributed by atoms with Gasteiger partial charge in [0, 0.05) is 17.7 Å². The SMILES string of the molecule is Cc1cccc(CNC(=O)c2cccc(C(=O)NCc3ccco3)c2)c1. The van der Waals surface area contributed by atoms with Crippen LogP contribution in [0.15, 0.2) is 71.3 Å². The Labute approximate surface area is 152 Å². The van der Waals surface area contributed by atoms with Gasteiger partial charge in [0.25, 0.3) is 11.8 Å². The zero-order chi connectivity index (χ0) is 18.4. The summed E-state index contributed by atoms with van der Waals surface area (Å²) in [6.45, 7) is 2.75. The van der Waals surface area contributed by atoms with Crippen molar-refractivity contribution in [3.8, 4) is 0 Å². The fourth-order valence-corrected chi connectivity index (χ4v) is 2.59. The van der Waals surface area contributed by atoms with Crippen LogP contribution in [-0.4, -0.2) is 11.8 Å². The normalized spacial score (nSPS) is 10.3. The zero-order valence-electron chi connectivity index (χ0n) is 14.5. The lowest BCUT2D eigenvalue weighted by molar-refractivity contribution is 0.0948. The third-order valence-electron chi connectivity index (χ3n) is 3.93. The van der Waals surface area contributed by atoms with E-state index in [4.69, 9.17) is 4.42 Å². The number of carbonyl (C=O) groups is 2. The fourth-order valence-electron chi connectivity index (χ4n) is 2.59. The van der Waals surface area contributed by atoms with E-state index in [1.54, 1.807) is 42.7 Å². The quantitative estimate of drug-likeness (QED) is 0.717. The van der Waals surface area contributed by atoms with Gasteiger partial charge in [-0.25, -0.2) is 0 Å². The van der Waals surface area contributed by atoms with E-state index in [-0.39, 0.29) is 11.8 Å². The van der Waals surface area contributed by atoms with Gasteiger partial charge in [0.15, 0.2) is 0 Å². The highest BCUT2D eigenvalue weighted by Crippen LogP contribution is 2.08. The lowest BCUT2D eigenvalue weighted by Crippen LogP contribution is -2.25. The number of amides is 2. The van der Waals surface area contributed by atoms with Crippen LogP contribution in [0.5, 0.6) is 0 Å². The molecule has 132 valence electrons. The summed E-state index contributed by atoms with van der Waals surface area (Å²) < 4.78 is 5.19. The Kier molecular flexibility index (Phi) is 5.49. The van der Waals surface area contributed by atoms with Crippen LogP contribution < -0.4 is 10.6 Å². The average molecular weight is 348 g/mol. The summed E-state index contributed by atoms with van der Waals surface area (Å²) in [6, 6.07) is 18.2. The smallest absolute Gasteiger partial charge is 0.251 e. The Morgan fingerprint density at radius 3 is 2.19 bits per heavy atom. The molecule has 0 radical (unpaired) electrons. The molecule has 5 heteroatoms. The van der Waals surface area contributed by atoms with Crippen molar-refractivity contribution in [3.63, 3.8) is 0 Å². The molecule has 0 saturated heterocycles.